The van der Waals surface area contributed by atoms with Gasteiger partial charge in [-0.2, -0.15) is 0 Å². The van der Waals surface area contributed by atoms with E-state index in [1.165, 1.54) is 22.0 Å². The predicted octanol–water partition coefficient (Wildman–Crippen LogP) is 4.84. The van der Waals surface area contributed by atoms with Crippen molar-refractivity contribution in [2.75, 3.05) is 19.6 Å². The molecule has 3 aromatic rings. The molecule has 1 aliphatic heterocycles. The fourth-order valence-corrected chi connectivity index (χ4v) is 4.48. The first-order chi connectivity index (χ1) is 14.8. The van der Waals surface area contributed by atoms with Crippen LogP contribution in [0.15, 0.2) is 60.8 Å². The second-order valence-electron chi connectivity index (χ2n) is 9.53. The highest BCUT2D eigenvalue weighted by Gasteiger charge is 2.34. The highest BCUT2D eigenvalue weighted by molar-refractivity contribution is 5.84. The molecule has 0 saturated carbocycles. The van der Waals surface area contributed by atoms with E-state index in [1.807, 2.05) is 31.7 Å². The Morgan fingerprint density at radius 2 is 1.74 bits per heavy atom. The fourth-order valence-electron chi connectivity index (χ4n) is 4.48. The average molecular weight is 420 g/mol. The number of piperazine rings is 1. The molecule has 2 aromatic carbocycles. The molecule has 1 aliphatic rings. The third-order valence-corrected chi connectivity index (χ3v) is 5.88. The van der Waals surface area contributed by atoms with E-state index in [9.17, 15) is 4.79 Å². The highest BCUT2D eigenvalue weighted by atomic mass is 16.6. The molecular weight excluding hydrogens is 386 g/mol. The summed E-state index contributed by atoms with van der Waals surface area (Å²) in [6.45, 7) is 9.03. The Hall–Kier alpha value is -2.79. The summed E-state index contributed by atoms with van der Waals surface area (Å²) in [4.78, 5) is 17.4. The summed E-state index contributed by atoms with van der Waals surface area (Å²) in [7, 11) is 2.08. The van der Waals surface area contributed by atoms with Crippen LogP contribution in [-0.4, -0.2) is 51.7 Å². The molecule has 1 amide bonds. The first-order valence-corrected chi connectivity index (χ1v) is 11.1. The van der Waals surface area contributed by atoms with Gasteiger partial charge in [-0.3, -0.25) is 4.90 Å². The Balaban J connectivity index is 1.58. The van der Waals surface area contributed by atoms with Crippen molar-refractivity contribution in [3.63, 3.8) is 0 Å². The quantitative estimate of drug-likeness (QED) is 0.607. The number of fused-ring (bicyclic) bond motifs is 1. The normalized spacial score (nSPS) is 17.8. The van der Waals surface area contributed by atoms with Gasteiger partial charge in [0.1, 0.15) is 5.60 Å². The highest BCUT2D eigenvalue weighted by Crippen LogP contribution is 2.25. The van der Waals surface area contributed by atoms with Gasteiger partial charge in [-0.15, -0.1) is 0 Å². The van der Waals surface area contributed by atoms with Crippen molar-refractivity contribution in [2.24, 2.45) is 7.05 Å². The van der Waals surface area contributed by atoms with Crippen LogP contribution in [0.1, 0.15) is 31.9 Å². The van der Waals surface area contributed by atoms with Gasteiger partial charge in [0.15, 0.2) is 0 Å². The number of hydrogen-bond donors (Lipinski definition) is 0. The molecule has 0 radical (unpaired) electrons. The van der Waals surface area contributed by atoms with Gasteiger partial charge in [0, 0.05) is 50.3 Å². The first kappa shape index (κ1) is 21.4. The minimum absolute atomic E-state index is 0.0677. The maximum atomic E-state index is 13.0. The topological polar surface area (TPSA) is 37.7 Å². The van der Waals surface area contributed by atoms with E-state index in [0.717, 1.165) is 26.1 Å². The third kappa shape index (κ3) is 5.10. The van der Waals surface area contributed by atoms with E-state index >= 15 is 0 Å². The van der Waals surface area contributed by atoms with Crippen LogP contribution in [0.5, 0.6) is 0 Å². The lowest BCUT2D eigenvalue weighted by Gasteiger charge is -2.42. The van der Waals surface area contributed by atoms with Gasteiger partial charge in [-0.25, -0.2) is 4.79 Å². The lowest BCUT2D eigenvalue weighted by molar-refractivity contribution is -0.00228. The Bertz CT molecular complexity index is 1040. The number of ether oxygens (including phenoxy) is 1. The first-order valence-electron chi connectivity index (χ1n) is 11.1. The molecule has 164 valence electrons. The van der Waals surface area contributed by atoms with Crippen molar-refractivity contribution in [1.82, 2.24) is 14.4 Å². The summed E-state index contributed by atoms with van der Waals surface area (Å²) in [6.07, 6.45) is 2.80. The molecule has 5 nitrogen and oxygen atoms in total. The van der Waals surface area contributed by atoms with Crippen LogP contribution in [0.25, 0.3) is 10.9 Å². The monoisotopic (exact) mass is 419 g/mol. The van der Waals surface area contributed by atoms with Crippen LogP contribution in [-0.2, 0) is 24.8 Å². The smallest absolute Gasteiger partial charge is 0.410 e. The van der Waals surface area contributed by atoms with Crippen molar-refractivity contribution >= 4 is 17.0 Å². The second-order valence-corrected chi connectivity index (χ2v) is 9.53. The SMILES string of the molecule is Cn1cc(CC2CN(Cc3ccccc3)CCN2C(=O)OC(C)(C)C)c2ccccc21. The standard InChI is InChI=1S/C26H33N3O2/c1-26(2,3)31-25(30)29-15-14-28(17-20-10-6-5-7-11-20)19-22(29)16-21-18-27(4)24-13-9-8-12-23(21)24/h5-13,18,22H,14-17,19H2,1-4H3. The number of aromatic nitrogens is 1. The number of hydrogen-bond acceptors (Lipinski definition) is 3. The molecule has 1 unspecified atom stereocenters. The van der Waals surface area contributed by atoms with E-state index in [4.69, 9.17) is 4.74 Å². The Labute approximate surface area is 185 Å². The van der Waals surface area contributed by atoms with Crippen molar-refractivity contribution in [3.8, 4) is 0 Å². The number of carbonyl (C=O) groups is 1. The van der Waals surface area contributed by atoms with Crippen molar-refractivity contribution in [1.29, 1.82) is 0 Å². The molecule has 0 bridgehead atoms. The van der Waals surface area contributed by atoms with Crippen LogP contribution >= 0.6 is 0 Å². The fraction of sp³-hybridized carbons (Fsp3) is 0.423. The van der Waals surface area contributed by atoms with Crippen LogP contribution < -0.4 is 0 Å². The maximum absolute atomic E-state index is 13.0. The van der Waals surface area contributed by atoms with Crippen LogP contribution in [0.3, 0.4) is 0 Å². The van der Waals surface area contributed by atoms with E-state index in [0.29, 0.717) is 6.54 Å². The predicted molar refractivity (Wildman–Crippen MR) is 125 cm³/mol. The molecule has 1 aromatic heterocycles. The van der Waals surface area contributed by atoms with Gasteiger partial charge in [0.05, 0.1) is 6.04 Å². The maximum Gasteiger partial charge on any atom is 0.410 e. The Morgan fingerprint density at radius 3 is 2.48 bits per heavy atom. The summed E-state index contributed by atoms with van der Waals surface area (Å²) in [5.41, 5.74) is 3.30. The molecule has 1 saturated heterocycles. The van der Waals surface area contributed by atoms with Crippen LogP contribution in [0, 0.1) is 0 Å². The molecule has 31 heavy (non-hydrogen) atoms. The Morgan fingerprint density at radius 1 is 1.03 bits per heavy atom. The van der Waals surface area contributed by atoms with Crippen molar-refractivity contribution in [3.05, 3.63) is 71.9 Å². The van der Waals surface area contributed by atoms with E-state index in [2.05, 4.69) is 71.2 Å². The second kappa shape index (κ2) is 8.75. The number of rotatable bonds is 4. The van der Waals surface area contributed by atoms with Crippen molar-refractivity contribution < 1.29 is 9.53 Å². The van der Waals surface area contributed by atoms with Crippen LogP contribution in [0.4, 0.5) is 4.79 Å². The van der Waals surface area contributed by atoms with Crippen LogP contribution in [0.2, 0.25) is 0 Å². The number of benzene rings is 2. The molecule has 0 spiro atoms. The lowest BCUT2D eigenvalue weighted by atomic mass is 10.0. The lowest BCUT2D eigenvalue weighted by Crippen LogP contribution is -2.56. The molecular formula is C26H33N3O2. The number of para-hydroxylation sites is 1. The van der Waals surface area contributed by atoms with Gasteiger partial charge in [-0.1, -0.05) is 48.5 Å². The zero-order chi connectivity index (χ0) is 22.0. The minimum Gasteiger partial charge on any atom is -0.444 e. The molecule has 5 heteroatoms. The van der Waals surface area contributed by atoms with E-state index in [-0.39, 0.29) is 12.1 Å². The average Bonchev–Trinajstić information content (AvgIpc) is 3.03. The Kier molecular flexibility index (Phi) is 6.05. The molecule has 2 heterocycles. The van der Waals surface area contributed by atoms with Gasteiger partial charge >= 0.3 is 6.09 Å². The molecule has 1 atom stereocenters. The van der Waals surface area contributed by atoms with Crippen molar-refractivity contribution in [2.45, 2.75) is 45.4 Å². The number of amides is 1. The van der Waals surface area contributed by atoms with E-state index < -0.39 is 5.60 Å². The summed E-state index contributed by atoms with van der Waals surface area (Å²) in [5, 5.41) is 1.26. The molecule has 1 fully saturated rings. The largest absolute Gasteiger partial charge is 0.444 e. The minimum atomic E-state index is -0.498. The summed E-state index contributed by atoms with van der Waals surface area (Å²) >= 11 is 0. The van der Waals surface area contributed by atoms with Gasteiger partial charge in [0.2, 0.25) is 0 Å². The summed E-state index contributed by atoms with van der Waals surface area (Å²) in [6, 6.07) is 19.1. The number of carbonyl (C=O) groups excluding carboxylic acids is 1. The summed E-state index contributed by atoms with van der Waals surface area (Å²) in [5.74, 6) is 0. The number of aryl methyl sites for hydroxylation is 1. The van der Waals surface area contributed by atoms with E-state index in [1.54, 1.807) is 0 Å². The zero-order valence-corrected chi connectivity index (χ0v) is 19.0. The van der Waals surface area contributed by atoms with Gasteiger partial charge in [-0.05, 0) is 44.4 Å². The molecule has 4 rings (SSSR count). The third-order valence-electron chi connectivity index (χ3n) is 5.88. The van der Waals surface area contributed by atoms with Gasteiger partial charge < -0.3 is 14.2 Å². The van der Waals surface area contributed by atoms with Gasteiger partial charge in [0.25, 0.3) is 0 Å². The zero-order valence-electron chi connectivity index (χ0n) is 19.0. The number of nitrogens with zero attached hydrogens (tertiary/aromatic N) is 3. The summed E-state index contributed by atoms with van der Waals surface area (Å²) < 4.78 is 7.93. The molecule has 0 N–H and O–H groups in total. The molecule has 0 aliphatic carbocycles.